The molecule has 3 rings (SSSR count). The highest BCUT2D eigenvalue weighted by Crippen LogP contribution is 2.31. The first-order valence-electron chi connectivity index (χ1n) is 7.05. The number of nitrogens with one attached hydrogen (secondary N) is 1. The van der Waals surface area contributed by atoms with Crippen molar-refractivity contribution < 1.29 is 19.2 Å². The molecule has 0 aliphatic heterocycles. The molecule has 0 spiro atoms. The maximum atomic E-state index is 11.9. The molecule has 7 heteroatoms. The maximum absolute atomic E-state index is 11.9. The first-order valence-corrected chi connectivity index (χ1v) is 7.05. The number of rotatable bonds is 5. The van der Waals surface area contributed by atoms with Crippen LogP contribution in [-0.4, -0.2) is 33.9 Å². The number of hydrogen-bond donors (Lipinski definition) is 2. The van der Waals surface area contributed by atoms with Gasteiger partial charge < -0.3 is 19.7 Å². The van der Waals surface area contributed by atoms with Crippen molar-refractivity contribution in [3.05, 3.63) is 47.1 Å². The molecule has 1 aromatic carbocycles. The Morgan fingerprint density at radius 1 is 1.50 bits per heavy atom. The van der Waals surface area contributed by atoms with Crippen molar-refractivity contribution in [3.63, 3.8) is 0 Å². The zero-order valence-electron chi connectivity index (χ0n) is 12.2. The van der Waals surface area contributed by atoms with E-state index in [2.05, 4.69) is 15.5 Å². The number of carbonyl (C=O) groups is 1. The van der Waals surface area contributed by atoms with E-state index in [-0.39, 0.29) is 19.1 Å². The molecule has 0 bridgehead atoms. The van der Waals surface area contributed by atoms with Crippen LogP contribution in [0.3, 0.4) is 0 Å². The van der Waals surface area contributed by atoms with E-state index >= 15 is 0 Å². The number of aromatic nitrogens is 2. The monoisotopic (exact) mass is 303 g/mol. The Morgan fingerprint density at radius 2 is 2.32 bits per heavy atom. The lowest BCUT2D eigenvalue weighted by atomic mass is 10.1. The van der Waals surface area contributed by atoms with Crippen LogP contribution in [-0.2, 0) is 22.6 Å². The van der Waals surface area contributed by atoms with Gasteiger partial charge in [0, 0.05) is 6.42 Å². The molecular weight excluding hydrogens is 286 g/mol. The highest BCUT2D eigenvalue weighted by Gasteiger charge is 2.31. The largest absolute Gasteiger partial charge is 0.390 e. The van der Waals surface area contributed by atoms with E-state index in [1.165, 1.54) is 0 Å². The smallest absolute Gasteiger partial charge is 0.252 e. The number of aryl methyl sites for hydroxylation is 1. The maximum Gasteiger partial charge on any atom is 0.252 e. The lowest BCUT2D eigenvalue weighted by Crippen LogP contribution is -2.36. The van der Waals surface area contributed by atoms with Gasteiger partial charge in [-0.3, -0.25) is 4.79 Å². The summed E-state index contributed by atoms with van der Waals surface area (Å²) in [5.41, 5.74) is 2.01. The zero-order chi connectivity index (χ0) is 15.5. The lowest BCUT2D eigenvalue weighted by Gasteiger charge is -2.17. The van der Waals surface area contributed by atoms with Gasteiger partial charge in [-0.1, -0.05) is 29.4 Å². The topological polar surface area (TPSA) is 97.5 Å². The van der Waals surface area contributed by atoms with Crippen molar-refractivity contribution >= 4 is 5.91 Å². The summed E-state index contributed by atoms with van der Waals surface area (Å²) in [7, 11) is 0. The molecule has 116 valence electrons. The fourth-order valence-corrected chi connectivity index (χ4v) is 2.59. The number of benzene rings is 1. The van der Waals surface area contributed by atoms with E-state index in [0.29, 0.717) is 18.1 Å². The van der Waals surface area contributed by atoms with Gasteiger partial charge >= 0.3 is 0 Å². The van der Waals surface area contributed by atoms with E-state index in [4.69, 9.17) is 9.26 Å². The van der Waals surface area contributed by atoms with Crippen molar-refractivity contribution in [1.82, 2.24) is 15.5 Å². The highest BCUT2D eigenvalue weighted by atomic mass is 16.5. The second-order valence-electron chi connectivity index (χ2n) is 5.24. The van der Waals surface area contributed by atoms with Crippen LogP contribution in [0.15, 0.2) is 28.8 Å². The van der Waals surface area contributed by atoms with Crippen molar-refractivity contribution in [2.24, 2.45) is 0 Å². The van der Waals surface area contributed by atoms with Gasteiger partial charge in [0.2, 0.25) is 5.91 Å². The number of carbonyl (C=O) groups excluding carboxylic acids is 1. The van der Waals surface area contributed by atoms with Gasteiger partial charge in [0.25, 0.3) is 5.89 Å². The summed E-state index contributed by atoms with van der Waals surface area (Å²) in [6, 6.07) is 7.30. The average Bonchev–Trinajstić information content (AvgIpc) is 3.03. The van der Waals surface area contributed by atoms with E-state index in [9.17, 15) is 9.90 Å². The number of hydrogen-bond acceptors (Lipinski definition) is 6. The molecule has 0 saturated carbocycles. The number of amides is 1. The molecule has 2 N–H and O–H groups in total. The van der Waals surface area contributed by atoms with Crippen LogP contribution in [0.4, 0.5) is 0 Å². The minimum atomic E-state index is -0.611. The summed E-state index contributed by atoms with van der Waals surface area (Å²) in [4.78, 5) is 15.9. The van der Waals surface area contributed by atoms with Crippen LogP contribution in [0.2, 0.25) is 0 Å². The van der Waals surface area contributed by atoms with Gasteiger partial charge in [0.15, 0.2) is 5.82 Å². The molecule has 2 atom stereocenters. The summed E-state index contributed by atoms with van der Waals surface area (Å²) < 4.78 is 10.1. The third kappa shape index (κ3) is 3.15. The van der Waals surface area contributed by atoms with Gasteiger partial charge in [-0.05, 0) is 18.1 Å². The van der Waals surface area contributed by atoms with E-state index in [0.717, 1.165) is 11.1 Å². The average molecular weight is 303 g/mol. The Balaban J connectivity index is 1.51. The SMILES string of the molecule is Cc1noc(COCC(=O)N[C@H]2c3ccccc3C[C@H]2O)n1. The van der Waals surface area contributed by atoms with Crippen LogP contribution in [0.25, 0.3) is 0 Å². The Labute approximate surface area is 127 Å². The first-order chi connectivity index (χ1) is 10.6. The van der Waals surface area contributed by atoms with Crippen LogP contribution in [0.5, 0.6) is 0 Å². The summed E-state index contributed by atoms with van der Waals surface area (Å²) in [5.74, 6) is 0.558. The van der Waals surface area contributed by atoms with Crippen LogP contribution >= 0.6 is 0 Å². The molecular formula is C15H17N3O4. The van der Waals surface area contributed by atoms with Crippen LogP contribution < -0.4 is 5.32 Å². The quantitative estimate of drug-likeness (QED) is 0.842. The zero-order valence-corrected chi connectivity index (χ0v) is 12.2. The molecule has 1 aliphatic carbocycles. The third-order valence-corrected chi connectivity index (χ3v) is 3.55. The second kappa shape index (κ2) is 6.25. The molecule has 1 aliphatic rings. The summed E-state index contributed by atoms with van der Waals surface area (Å²) in [6.45, 7) is 1.66. The summed E-state index contributed by atoms with van der Waals surface area (Å²) in [5, 5.41) is 16.5. The number of aliphatic hydroxyl groups excluding tert-OH is 1. The van der Waals surface area contributed by atoms with E-state index in [1.807, 2.05) is 24.3 Å². The van der Waals surface area contributed by atoms with Crippen molar-refractivity contribution in [3.8, 4) is 0 Å². The Bertz CT molecular complexity index is 670. The summed E-state index contributed by atoms with van der Waals surface area (Å²) in [6.07, 6.45) is -0.0663. The molecule has 1 amide bonds. The van der Waals surface area contributed by atoms with Gasteiger partial charge in [0.05, 0.1) is 12.1 Å². The third-order valence-electron chi connectivity index (χ3n) is 3.55. The van der Waals surface area contributed by atoms with Gasteiger partial charge in [0.1, 0.15) is 13.2 Å². The minimum Gasteiger partial charge on any atom is -0.390 e. The molecule has 1 heterocycles. The van der Waals surface area contributed by atoms with Crippen molar-refractivity contribution in [1.29, 1.82) is 0 Å². The van der Waals surface area contributed by atoms with Crippen LogP contribution in [0, 0.1) is 6.92 Å². The second-order valence-corrected chi connectivity index (χ2v) is 5.24. The fraction of sp³-hybridized carbons (Fsp3) is 0.400. The van der Waals surface area contributed by atoms with Crippen molar-refractivity contribution in [2.75, 3.05) is 6.61 Å². The fourth-order valence-electron chi connectivity index (χ4n) is 2.59. The molecule has 0 fully saturated rings. The molecule has 2 aromatic rings. The molecule has 1 aromatic heterocycles. The van der Waals surface area contributed by atoms with E-state index in [1.54, 1.807) is 6.92 Å². The lowest BCUT2D eigenvalue weighted by molar-refractivity contribution is -0.127. The normalized spacial score (nSPS) is 19.9. The predicted octanol–water partition coefficient (Wildman–Crippen LogP) is 0.669. The number of ether oxygens (including phenoxy) is 1. The van der Waals surface area contributed by atoms with Gasteiger partial charge in [-0.2, -0.15) is 4.98 Å². The number of nitrogens with zero attached hydrogens (tertiary/aromatic N) is 2. The Hall–Kier alpha value is -2.25. The molecule has 0 unspecified atom stereocenters. The summed E-state index contributed by atoms with van der Waals surface area (Å²) >= 11 is 0. The highest BCUT2D eigenvalue weighted by molar-refractivity contribution is 5.78. The van der Waals surface area contributed by atoms with Gasteiger partial charge in [-0.15, -0.1) is 0 Å². The van der Waals surface area contributed by atoms with Crippen LogP contribution in [0.1, 0.15) is 28.9 Å². The standard InChI is InChI=1S/C15H17N3O4/c1-9-16-14(22-18-9)8-21-7-13(20)17-15-11-5-3-2-4-10(11)6-12(15)19/h2-5,12,15,19H,6-8H2,1H3,(H,17,20)/t12-,15+/m1/s1. The van der Waals surface area contributed by atoms with E-state index < -0.39 is 12.1 Å². The van der Waals surface area contributed by atoms with Crippen molar-refractivity contribution in [2.45, 2.75) is 32.1 Å². The minimum absolute atomic E-state index is 0.0814. The number of fused-ring (bicyclic) bond motifs is 1. The number of aliphatic hydroxyl groups is 1. The first kappa shape index (κ1) is 14.7. The molecule has 0 radical (unpaired) electrons. The van der Waals surface area contributed by atoms with Gasteiger partial charge in [-0.25, -0.2) is 0 Å². The molecule has 22 heavy (non-hydrogen) atoms. The predicted molar refractivity (Wildman–Crippen MR) is 75.7 cm³/mol. The Morgan fingerprint density at radius 3 is 3.09 bits per heavy atom. The molecule has 7 nitrogen and oxygen atoms in total. The molecule has 0 saturated heterocycles. The Kier molecular flexibility index (Phi) is 4.17.